The van der Waals surface area contributed by atoms with Crippen LogP contribution in [0.2, 0.25) is 0 Å². The lowest BCUT2D eigenvalue weighted by molar-refractivity contribution is -0.211. The Morgan fingerprint density at radius 3 is 2.12 bits per heavy atom. The number of ether oxygens (including phenoxy) is 3. The number of hydrogen-bond acceptors (Lipinski definition) is 5. The molecule has 0 radical (unpaired) electrons. The van der Waals surface area contributed by atoms with Crippen LogP contribution in [0.5, 0.6) is 0 Å². The highest BCUT2D eigenvalue weighted by atomic mass is 19.4. The minimum Gasteiger partial charge on any atom is -0.390 e. The van der Waals surface area contributed by atoms with Gasteiger partial charge in [-0.25, -0.2) is 4.39 Å². The van der Waals surface area contributed by atoms with E-state index in [9.17, 15) is 35.8 Å². The van der Waals surface area contributed by atoms with Gasteiger partial charge in [-0.15, -0.1) is 0 Å². The molecule has 3 aliphatic rings. The maximum atomic E-state index is 13.8. The van der Waals surface area contributed by atoms with Crippen molar-refractivity contribution in [2.45, 2.75) is 75.0 Å². The Kier molecular flexibility index (Phi) is 8.93. The van der Waals surface area contributed by atoms with E-state index in [1.165, 1.54) is 19.1 Å². The Balaban J connectivity index is 1.37. The summed E-state index contributed by atoms with van der Waals surface area (Å²) in [5.74, 6) is -0.964. The van der Waals surface area contributed by atoms with Crippen molar-refractivity contribution in [1.82, 2.24) is 4.90 Å². The molecule has 3 saturated heterocycles. The monoisotopic (exact) mass is 605 g/mol. The summed E-state index contributed by atoms with van der Waals surface area (Å²) in [6, 6.07) is 7.21. The molecular weight excluding hydrogens is 571 g/mol. The van der Waals surface area contributed by atoms with Crippen LogP contribution in [0.1, 0.15) is 66.9 Å². The smallest absolute Gasteiger partial charge is 0.390 e. The van der Waals surface area contributed by atoms with Gasteiger partial charge >= 0.3 is 12.4 Å². The molecule has 5 nitrogen and oxygen atoms in total. The van der Waals surface area contributed by atoms with Crippen molar-refractivity contribution in [3.8, 4) is 0 Å². The largest absolute Gasteiger partial charge is 0.416 e. The van der Waals surface area contributed by atoms with Gasteiger partial charge in [0.1, 0.15) is 5.82 Å². The van der Waals surface area contributed by atoms with E-state index in [0.29, 0.717) is 69.6 Å². The van der Waals surface area contributed by atoms with Crippen molar-refractivity contribution >= 4 is 0 Å². The van der Waals surface area contributed by atoms with Crippen LogP contribution >= 0.6 is 0 Å². The standard InChI is InChI=1S/C30H34F7NO4/c1-18(21-14-22(29(32,33)34)16-23(15-21)30(35,36)37)42-27-26(19-2-4-24(31)5-3-19)20(6-12-40-27)17-38-10-8-28(9-11-38)25(39)7-13-41-28/h2-5,14-16,18,20,25-27,39H,6-13,17H2,1H3/t18-,20+,25-,26+,27-/m1/s1. The van der Waals surface area contributed by atoms with Crippen molar-refractivity contribution in [2.24, 2.45) is 5.92 Å². The van der Waals surface area contributed by atoms with Gasteiger partial charge in [-0.2, -0.15) is 26.3 Å². The Labute approximate surface area is 239 Å². The van der Waals surface area contributed by atoms with E-state index in [1.54, 1.807) is 12.1 Å². The second kappa shape index (κ2) is 12.0. The summed E-state index contributed by atoms with van der Waals surface area (Å²) in [7, 11) is 0. The third-order valence-corrected chi connectivity index (χ3v) is 8.83. The predicted molar refractivity (Wildman–Crippen MR) is 138 cm³/mol. The lowest BCUT2D eigenvalue weighted by atomic mass is 9.80. The number of piperidine rings is 1. The first kappa shape index (κ1) is 31.2. The lowest BCUT2D eigenvalue weighted by Crippen LogP contribution is -2.51. The SMILES string of the molecule is C[C@@H](O[C@H]1OCC[C@@H](CN2CCC3(CC2)OCC[C@H]3O)[C@@H]1c1ccc(F)cc1)c1cc(C(F)(F)F)cc(C(F)(F)F)c1. The average molecular weight is 606 g/mol. The Morgan fingerprint density at radius 1 is 0.952 bits per heavy atom. The number of likely N-dealkylation sites (tertiary alicyclic amines) is 1. The summed E-state index contributed by atoms with van der Waals surface area (Å²) in [6.07, 6.45) is -10.0. The van der Waals surface area contributed by atoms with Crippen LogP contribution in [0.25, 0.3) is 0 Å². The molecule has 2 aromatic carbocycles. The lowest BCUT2D eigenvalue weighted by Gasteiger charge is -2.44. The molecule has 1 N–H and O–H groups in total. The number of aliphatic hydroxyl groups is 1. The summed E-state index contributed by atoms with van der Waals surface area (Å²) in [4.78, 5) is 2.26. The third-order valence-electron chi connectivity index (χ3n) is 8.83. The zero-order chi connectivity index (χ0) is 30.3. The Bertz CT molecular complexity index is 1180. The minimum absolute atomic E-state index is 0.0582. The van der Waals surface area contributed by atoms with Crippen LogP contribution in [-0.2, 0) is 26.6 Å². The van der Waals surface area contributed by atoms with Gasteiger partial charge in [0.15, 0.2) is 6.29 Å². The van der Waals surface area contributed by atoms with E-state index in [0.717, 1.165) is 0 Å². The maximum Gasteiger partial charge on any atom is 0.416 e. The highest BCUT2D eigenvalue weighted by Crippen LogP contribution is 2.43. The fourth-order valence-corrected chi connectivity index (χ4v) is 6.43. The average Bonchev–Trinajstić information content (AvgIpc) is 3.28. The Hall–Kier alpha value is -2.25. The first-order chi connectivity index (χ1) is 19.7. The summed E-state index contributed by atoms with van der Waals surface area (Å²) >= 11 is 0. The van der Waals surface area contributed by atoms with Gasteiger partial charge in [0.25, 0.3) is 0 Å². The van der Waals surface area contributed by atoms with E-state index < -0.39 is 59.3 Å². The zero-order valence-corrected chi connectivity index (χ0v) is 23.1. The number of nitrogens with zero attached hydrogens (tertiary/aromatic N) is 1. The zero-order valence-electron chi connectivity index (χ0n) is 23.1. The Morgan fingerprint density at radius 2 is 1.57 bits per heavy atom. The van der Waals surface area contributed by atoms with Crippen LogP contribution in [0.4, 0.5) is 30.7 Å². The highest BCUT2D eigenvalue weighted by Gasteiger charge is 2.46. The fourth-order valence-electron chi connectivity index (χ4n) is 6.43. The number of rotatable bonds is 6. The molecule has 3 fully saturated rings. The molecule has 5 rings (SSSR count). The van der Waals surface area contributed by atoms with E-state index in [4.69, 9.17) is 14.2 Å². The van der Waals surface area contributed by atoms with E-state index in [2.05, 4.69) is 4.90 Å². The number of halogens is 7. The molecule has 12 heteroatoms. The summed E-state index contributed by atoms with van der Waals surface area (Å²) < 4.78 is 113. The maximum absolute atomic E-state index is 13.8. The van der Waals surface area contributed by atoms with Crippen LogP contribution in [0.15, 0.2) is 42.5 Å². The van der Waals surface area contributed by atoms with Crippen LogP contribution in [0, 0.1) is 11.7 Å². The van der Waals surface area contributed by atoms with Gasteiger partial charge < -0.3 is 24.2 Å². The molecule has 5 atom stereocenters. The molecule has 0 bridgehead atoms. The summed E-state index contributed by atoms with van der Waals surface area (Å²) in [6.45, 7) is 4.19. The van der Waals surface area contributed by atoms with Gasteiger partial charge in [-0.05, 0) is 80.0 Å². The molecule has 0 aromatic heterocycles. The molecule has 3 aliphatic heterocycles. The summed E-state index contributed by atoms with van der Waals surface area (Å²) in [5, 5.41) is 10.4. The van der Waals surface area contributed by atoms with Gasteiger partial charge in [0, 0.05) is 25.6 Å². The minimum atomic E-state index is -4.98. The first-order valence-corrected chi connectivity index (χ1v) is 14.1. The van der Waals surface area contributed by atoms with E-state index >= 15 is 0 Å². The topological polar surface area (TPSA) is 51.2 Å². The van der Waals surface area contributed by atoms with Crippen LogP contribution in [0.3, 0.4) is 0 Å². The van der Waals surface area contributed by atoms with Crippen molar-refractivity contribution < 1.29 is 50.1 Å². The van der Waals surface area contributed by atoms with Gasteiger partial charge in [-0.1, -0.05) is 12.1 Å². The van der Waals surface area contributed by atoms with Crippen molar-refractivity contribution in [2.75, 3.05) is 32.8 Å². The molecule has 232 valence electrons. The number of aliphatic hydroxyl groups excluding tert-OH is 1. The van der Waals surface area contributed by atoms with Gasteiger partial charge in [0.2, 0.25) is 0 Å². The van der Waals surface area contributed by atoms with Gasteiger partial charge in [0.05, 0.1) is 42.1 Å². The van der Waals surface area contributed by atoms with E-state index in [-0.39, 0.29) is 24.2 Å². The second-order valence-electron chi connectivity index (χ2n) is 11.5. The number of hydrogen-bond donors (Lipinski definition) is 1. The molecule has 0 amide bonds. The molecule has 0 unspecified atom stereocenters. The van der Waals surface area contributed by atoms with Crippen molar-refractivity contribution in [3.05, 3.63) is 70.5 Å². The number of benzene rings is 2. The third kappa shape index (κ3) is 6.77. The van der Waals surface area contributed by atoms with Gasteiger partial charge in [-0.3, -0.25) is 0 Å². The first-order valence-electron chi connectivity index (χ1n) is 14.1. The molecule has 0 aliphatic carbocycles. The van der Waals surface area contributed by atoms with E-state index in [1.807, 2.05) is 0 Å². The normalized spacial score (nSPS) is 27.8. The number of alkyl halides is 6. The fraction of sp³-hybridized carbons (Fsp3) is 0.600. The molecule has 3 heterocycles. The molecular formula is C30H34F7NO4. The predicted octanol–water partition coefficient (Wildman–Crippen LogP) is 6.70. The molecule has 0 saturated carbocycles. The van der Waals surface area contributed by atoms with Crippen LogP contribution < -0.4 is 0 Å². The molecule has 42 heavy (non-hydrogen) atoms. The second-order valence-corrected chi connectivity index (χ2v) is 11.5. The molecule has 2 aromatic rings. The van der Waals surface area contributed by atoms with Crippen molar-refractivity contribution in [1.29, 1.82) is 0 Å². The highest BCUT2D eigenvalue weighted by molar-refractivity contribution is 5.35. The quantitative estimate of drug-likeness (QED) is 0.372. The molecule has 1 spiro atoms. The van der Waals surface area contributed by atoms with Crippen LogP contribution in [-0.4, -0.2) is 60.8 Å². The summed E-state index contributed by atoms with van der Waals surface area (Å²) in [5.41, 5.74) is -2.94. The van der Waals surface area contributed by atoms with Crippen molar-refractivity contribution in [3.63, 3.8) is 0 Å².